The predicted molar refractivity (Wildman–Crippen MR) is 115 cm³/mol. The molecule has 1 aromatic heterocycles. The maximum atomic E-state index is 11.7. The second kappa shape index (κ2) is 8.19. The average Bonchev–Trinajstić information content (AvgIpc) is 3.15. The fourth-order valence-corrected chi connectivity index (χ4v) is 4.04. The van der Waals surface area contributed by atoms with Crippen LogP contribution in [0.4, 0.5) is 0 Å². The zero-order valence-electron chi connectivity index (χ0n) is 16.7. The molecule has 28 heavy (non-hydrogen) atoms. The number of hydrogen-bond donors (Lipinski definition) is 1. The van der Waals surface area contributed by atoms with Gasteiger partial charge in [0.15, 0.2) is 0 Å². The van der Waals surface area contributed by atoms with Gasteiger partial charge in [-0.2, -0.15) is 0 Å². The summed E-state index contributed by atoms with van der Waals surface area (Å²) in [6.07, 6.45) is 0.466. The average molecular weight is 395 g/mol. The van der Waals surface area contributed by atoms with Crippen LogP contribution in [0.3, 0.4) is 0 Å². The van der Waals surface area contributed by atoms with Gasteiger partial charge in [0, 0.05) is 10.4 Å². The molecular weight excluding hydrogens is 368 g/mol. The molecule has 2 aromatic carbocycles. The minimum atomic E-state index is -0.794. The summed E-state index contributed by atoms with van der Waals surface area (Å²) in [5, 5.41) is 11.5. The fourth-order valence-electron chi connectivity index (χ4n) is 3.22. The van der Waals surface area contributed by atoms with E-state index in [0.717, 1.165) is 27.5 Å². The Kier molecular flexibility index (Phi) is 5.90. The van der Waals surface area contributed by atoms with E-state index in [1.807, 2.05) is 41.8 Å². The van der Waals surface area contributed by atoms with Gasteiger partial charge in [-0.25, -0.2) is 0 Å². The summed E-state index contributed by atoms with van der Waals surface area (Å²) in [6, 6.07) is 17.7. The van der Waals surface area contributed by atoms with Gasteiger partial charge in [0.25, 0.3) is 0 Å². The molecule has 0 spiro atoms. The third-order valence-corrected chi connectivity index (χ3v) is 5.77. The van der Waals surface area contributed by atoms with Gasteiger partial charge < -0.3 is 9.84 Å². The molecule has 0 amide bonds. The number of carbonyl (C=O) groups is 1. The summed E-state index contributed by atoms with van der Waals surface area (Å²) in [5.74, 6) is 0.337. The van der Waals surface area contributed by atoms with Crippen LogP contribution < -0.4 is 4.74 Å². The van der Waals surface area contributed by atoms with Crippen LogP contribution in [0.25, 0.3) is 0 Å². The quantitative estimate of drug-likeness (QED) is 0.515. The van der Waals surface area contributed by atoms with E-state index in [-0.39, 0.29) is 5.41 Å². The van der Waals surface area contributed by atoms with Gasteiger partial charge in [-0.1, -0.05) is 57.2 Å². The van der Waals surface area contributed by atoms with Gasteiger partial charge in [0.2, 0.25) is 0 Å². The van der Waals surface area contributed by atoms with Crippen LogP contribution in [0.1, 0.15) is 48.3 Å². The molecule has 146 valence electrons. The number of thiophene rings is 1. The maximum Gasteiger partial charge on any atom is 0.312 e. The van der Waals surface area contributed by atoms with Crippen molar-refractivity contribution in [3.63, 3.8) is 0 Å². The van der Waals surface area contributed by atoms with Gasteiger partial charge in [-0.05, 0) is 53.5 Å². The zero-order chi connectivity index (χ0) is 20.3. The Hall–Kier alpha value is -2.59. The molecule has 1 N–H and O–H groups in total. The first kappa shape index (κ1) is 20.2. The molecular formula is C24H26O3S. The normalized spacial score (nSPS) is 12.6. The van der Waals surface area contributed by atoms with Crippen molar-refractivity contribution >= 4 is 17.3 Å². The van der Waals surface area contributed by atoms with Crippen molar-refractivity contribution in [2.45, 2.75) is 45.4 Å². The standard InChI is InChI=1S/C24H26O3S/c1-16-7-5-8-20(24(2,3)4)22(16)27-18-12-10-17(11-13-18)15-19(23(25)26)21-9-6-14-28-21/h5-14,19H,15H2,1-4H3,(H,25,26). The number of hydrogen-bond acceptors (Lipinski definition) is 3. The van der Waals surface area contributed by atoms with Gasteiger partial charge in [0.1, 0.15) is 11.5 Å². The highest BCUT2D eigenvalue weighted by atomic mass is 32.1. The van der Waals surface area contributed by atoms with Crippen LogP contribution in [0, 0.1) is 6.92 Å². The third kappa shape index (κ3) is 4.63. The molecule has 1 unspecified atom stereocenters. The van der Waals surface area contributed by atoms with Gasteiger partial charge in [0.05, 0.1) is 5.92 Å². The van der Waals surface area contributed by atoms with Gasteiger partial charge in [-0.15, -0.1) is 11.3 Å². The summed E-state index contributed by atoms with van der Waals surface area (Å²) in [5.41, 5.74) is 3.23. The van der Waals surface area contributed by atoms with Crippen LogP contribution >= 0.6 is 11.3 Å². The molecule has 3 aromatic rings. The highest BCUT2D eigenvalue weighted by Crippen LogP contribution is 2.37. The maximum absolute atomic E-state index is 11.7. The first-order valence-electron chi connectivity index (χ1n) is 9.39. The number of carboxylic acids is 1. The minimum Gasteiger partial charge on any atom is -0.481 e. The molecule has 3 nitrogen and oxygen atoms in total. The number of aliphatic carboxylic acids is 1. The summed E-state index contributed by atoms with van der Waals surface area (Å²) >= 11 is 1.48. The van der Waals surface area contributed by atoms with E-state index >= 15 is 0 Å². The molecule has 1 heterocycles. The number of benzene rings is 2. The van der Waals surface area contributed by atoms with Crippen LogP contribution in [0.5, 0.6) is 11.5 Å². The van der Waals surface area contributed by atoms with Crippen LogP contribution in [-0.2, 0) is 16.6 Å². The van der Waals surface area contributed by atoms with Gasteiger partial charge >= 0.3 is 5.97 Å². The summed E-state index contributed by atoms with van der Waals surface area (Å²) < 4.78 is 6.23. The molecule has 0 aliphatic carbocycles. The molecule has 4 heteroatoms. The Morgan fingerprint density at radius 2 is 1.79 bits per heavy atom. The van der Waals surface area contributed by atoms with Crippen molar-refractivity contribution in [1.82, 2.24) is 0 Å². The minimum absolute atomic E-state index is 0.0172. The summed E-state index contributed by atoms with van der Waals surface area (Å²) in [4.78, 5) is 12.5. The Labute approximate surface area is 170 Å². The number of para-hydroxylation sites is 1. The fraction of sp³-hybridized carbons (Fsp3) is 0.292. The molecule has 0 aliphatic rings. The molecule has 3 rings (SSSR count). The first-order valence-corrected chi connectivity index (χ1v) is 10.3. The highest BCUT2D eigenvalue weighted by Gasteiger charge is 2.22. The van der Waals surface area contributed by atoms with Crippen molar-refractivity contribution in [3.8, 4) is 11.5 Å². The molecule has 0 fully saturated rings. The number of aryl methyl sites for hydroxylation is 1. The molecule has 0 bridgehead atoms. The Morgan fingerprint density at radius 1 is 1.07 bits per heavy atom. The van der Waals surface area contributed by atoms with E-state index in [9.17, 15) is 9.90 Å². The number of ether oxygens (including phenoxy) is 1. The lowest BCUT2D eigenvalue weighted by Gasteiger charge is -2.24. The van der Waals surface area contributed by atoms with E-state index in [2.05, 4.69) is 45.9 Å². The SMILES string of the molecule is Cc1cccc(C(C)(C)C)c1Oc1ccc(CC(C(=O)O)c2cccs2)cc1. The van der Waals surface area contributed by atoms with Crippen molar-refractivity contribution in [2.24, 2.45) is 0 Å². The summed E-state index contributed by atoms with van der Waals surface area (Å²) in [6.45, 7) is 8.58. The summed E-state index contributed by atoms with van der Waals surface area (Å²) in [7, 11) is 0. The second-order valence-electron chi connectivity index (χ2n) is 8.06. The van der Waals surface area contributed by atoms with Crippen molar-refractivity contribution < 1.29 is 14.6 Å². The number of carboxylic acid groups (broad SMARTS) is 1. The molecule has 0 aliphatic heterocycles. The second-order valence-corrected chi connectivity index (χ2v) is 9.04. The van der Waals surface area contributed by atoms with E-state index in [1.165, 1.54) is 16.9 Å². The molecule has 1 atom stereocenters. The lowest BCUT2D eigenvalue weighted by Crippen LogP contribution is -2.13. The molecule has 0 saturated carbocycles. The lowest BCUT2D eigenvalue weighted by molar-refractivity contribution is -0.138. The Balaban J connectivity index is 1.80. The monoisotopic (exact) mass is 394 g/mol. The highest BCUT2D eigenvalue weighted by molar-refractivity contribution is 7.10. The van der Waals surface area contributed by atoms with Crippen molar-refractivity contribution in [3.05, 3.63) is 81.5 Å². The topological polar surface area (TPSA) is 46.5 Å². The van der Waals surface area contributed by atoms with E-state index in [0.29, 0.717) is 6.42 Å². The Morgan fingerprint density at radius 3 is 2.36 bits per heavy atom. The zero-order valence-corrected chi connectivity index (χ0v) is 17.5. The first-order chi connectivity index (χ1) is 13.3. The van der Waals surface area contributed by atoms with Crippen LogP contribution in [0.2, 0.25) is 0 Å². The third-order valence-electron chi connectivity index (χ3n) is 4.79. The molecule has 0 saturated heterocycles. The largest absolute Gasteiger partial charge is 0.481 e. The van der Waals surface area contributed by atoms with E-state index in [4.69, 9.17) is 4.74 Å². The smallest absolute Gasteiger partial charge is 0.312 e. The number of rotatable bonds is 6. The van der Waals surface area contributed by atoms with Crippen molar-refractivity contribution in [2.75, 3.05) is 0 Å². The Bertz CT molecular complexity index is 935. The lowest BCUT2D eigenvalue weighted by atomic mass is 9.85. The van der Waals surface area contributed by atoms with Crippen LogP contribution in [-0.4, -0.2) is 11.1 Å². The van der Waals surface area contributed by atoms with Gasteiger partial charge in [-0.3, -0.25) is 4.79 Å². The van der Waals surface area contributed by atoms with E-state index in [1.54, 1.807) is 0 Å². The van der Waals surface area contributed by atoms with Crippen molar-refractivity contribution in [1.29, 1.82) is 0 Å². The predicted octanol–water partition coefficient (Wildman–Crippen LogP) is 6.56. The molecule has 0 radical (unpaired) electrons. The van der Waals surface area contributed by atoms with E-state index < -0.39 is 11.9 Å². The van der Waals surface area contributed by atoms with Crippen LogP contribution in [0.15, 0.2) is 60.0 Å².